The Labute approximate surface area is 234 Å². The first kappa shape index (κ1) is 26.8. The Morgan fingerprint density at radius 1 is 0.900 bits per heavy atom. The third-order valence-corrected chi connectivity index (χ3v) is 6.80. The van der Waals surface area contributed by atoms with Crippen LogP contribution in [0.2, 0.25) is 0 Å². The molecule has 0 saturated heterocycles. The number of anilines is 2. The minimum absolute atomic E-state index is 0.0821. The molecular formula is C33H32N2O5. The molecule has 4 aromatic carbocycles. The van der Waals surface area contributed by atoms with Crippen molar-refractivity contribution in [3.63, 3.8) is 0 Å². The maximum Gasteiger partial charge on any atom is 0.341 e. The summed E-state index contributed by atoms with van der Waals surface area (Å²) in [6.07, 6.45) is -0.472. The molecular weight excluding hydrogens is 504 g/mol. The molecule has 1 aliphatic heterocycles. The highest BCUT2D eigenvalue weighted by molar-refractivity contribution is 6.12. The van der Waals surface area contributed by atoms with E-state index in [1.807, 2.05) is 74.5 Å². The lowest BCUT2D eigenvalue weighted by Gasteiger charge is -2.38. The van der Waals surface area contributed by atoms with Gasteiger partial charge in [-0.15, -0.1) is 0 Å². The van der Waals surface area contributed by atoms with Crippen molar-refractivity contribution in [2.75, 3.05) is 23.9 Å². The monoisotopic (exact) mass is 536 g/mol. The third kappa shape index (κ3) is 5.36. The van der Waals surface area contributed by atoms with E-state index in [0.717, 1.165) is 33.6 Å². The summed E-state index contributed by atoms with van der Waals surface area (Å²) in [6.45, 7) is 6.24. The van der Waals surface area contributed by atoms with Gasteiger partial charge in [0.15, 0.2) is 0 Å². The fraction of sp³-hybridized carbons (Fsp3) is 0.212. The number of hydrogen-bond acceptors (Lipinski definition) is 6. The fourth-order valence-electron chi connectivity index (χ4n) is 5.05. The number of carbonyl (C=O) groups excluding carboxylic acids is 2. The van der Waals surface area contributed by atoms with Crippen molar-refractivity contribution in [2.45, 2.75) is 33.5 Å². The lowest BCUT2D eigenvalue weighted by molar-refractivity contribution is 0.0521. The van der Waals surface area contributed by atoms with Crippen LogP contribution in [0.5, 0.6) is 11.5 Å². The molecule has 4 aromatic rings. The van der Waals surface area contributed by atoms with Gasteiger partial charge in [-0.05, 0) is 86.0 Å². The summed E-state index contributed by atoms with van der Waals surface area (Å²) in [5.41, 5.74) is 6.34. The van der Waals surface area contributed by atoms with Crippen LogP contribution < -0.4 is 19.7 Å². The molecule has 0 saturated carbocycles. The number of carbonyl (C=O) groups is 2. The van der Waals surface area contributed by atoms with Crippen LogP contribution in [0.15, 0.2) is 84.9 Å². The molecule has 204 valence electrons. The molecule has 0 spiro atoms. The van der Waals surface area contributed by atoms with E-state index in [0.29, 0.717) is 22.6 Å². The molecule has 7 heteroatoms. The number of aryl methyl sites for hydroxylation is 2. The van der Waals surface area contributed by atoms with E-state index < -0.39 is 12.1 Å². The highest BCUT2D eigenvalue weighted by Crippen LogP contribution is 2.38. The lowest BCUT2D eigenvalue weighted by Crippen LogP contribution is -2.43. The van der Waals surface area contributed by atoms with Crippen molar-refractivity contribution in [3.8, 4) is 11.5 Å². The second-order valence-corrected chi connectivity index (χ2v) is 9.69. The average Bonchev–Trinajstić information content (AvgIpc) is 2.95. The Kier molecular flexibility index (Phi) is 7.73. The SMILES string of the molecule is CCOC(=O)c1ccccc1OCc1cc([C@H]2Nc3ccccc3C(=O)N2c2cc(C)cc(C)c2)ccc1OC. The van der Waals surface area contributed by atoms with Crippen LogP contribution in [0.25, 0.3) is 0 Å². The number of ether oxygens (including phenoxy) is 3. The highest BCUT2D eigenvalue weighted by Gasteiger charge is 2.34. The number of para-hydroxylation sites is 2. The first-order valence-corrected chi connectivity index (χ1v) is 13.2. The van der Waals surface area contributed by atoms with Gasteiger partial charge in [0.1, 0.15) is 29.8 Å². The van der Waals surface area contributed by atoms with Crippen molar-refractivity contribution in [1.82, 2.24) is 0 Å². The molecule has 7 nitrogen and oxygen atoms in total. The number of benzene rings is 4. The van der Waals surface area contributed by atoms with Gasteiger partial charge in [0.2, 0.25) is 0 Å². The number of fused-ring (bicyclic) bond motifs is 1. The Bertz CT molecular complexity index is 1540. The summed E-state index contributed by atoms with van der Waals surface area (Å²) in [6, 6.07) is 26.5. The molecule has 1 N–H and O–H groups in total. The van der Waals surface area contributed by atoms with Crippen LogP contribution in [0.3, 0.4) is 0 Å². The molecule has 5 rings (SSSR count). The number of methoxy groups -OCH3 is 1. The molecule has 1 heterocycles. The van der Waals surface area contributed by atoms with Crippen molar-refractivity contribution < 1.29 is 23.8 Å². The second-order valence-electron chi connectivity index (χ2n) is 9.69. The van der Waals surface area contributed by atoms with E-state index in [9.17, 15) is 9.59 Å². The minimum Gasteiger partial charge on any atom is -0.496 e. The maximum absolute atomic E-state index is 13.9. The number of nitrogens with zero attached hydrogens (tertiary/aromatic N) is 1. The standard InChI is InChI=1S/C33H32N2O5/c1-5-39-33(37)27-11-7-9-13-30(27)40-20-24-19-23(14-15-29(24)38-4)31-34-28-12-8-6-10-26(28)32(36)35(31)25-17-21(2)16-22(3)18-25/h6-19,31,34H,5,20H2,1-4H3/t31-/m0/s1. The number of nitrogens with one attached hydrogen (secondary N) is 1. The zero-order valence-electron chi connectivity index (χ0n) is 23.1. The summed E-state index contributed by atoms with van der Waals surface area (Å²) < 4.78 is 16.9. The van der Waals surface area contributed by atoms with Crippen molar-refractivity contribution in [3.05, 3.63) is 118 Å². The Morgan fingerprint density at radius 3 is 2.38 bits per heavy atom. The summed E-state index contributed by atoms with van der Waals surface area (Å²) in [5, 5.41) is 3.57. The molecule has 0 aromatic heterocycles. The smallest absolute Gasteiger partial charge is 0.341 e. The van der Waals surface area contributed by atoms with Crippen LogP contribution in [-0.4, -0.2) is 25.6 Å². The molecule has 0 aliphatic carbocycles. The molecule has 0 fully saturated rings. The number of hydrogen-bond donors (Lipinski definition) is 1. The van der Waals surface area contributed by atoms with Crippen LogP contribution >= 0.6 is 0 Å². The number of esters is 1. The van der Waals surface area contributed by atoms with Gasteiger partial charge in [-0.2, -0.15) is 0 Å². The largest absolute Gasteiger partial charge is 0.496 e. The first-order chi connectivity index (χ1) is 19.4. The topological polar surface area (TPSA) is 77.1 Å². The summed E-state index contributed by atoms with van der Waals surface area (Å²) >= 11 is 0. The summed E-state index contributed by atoms with van der Waals surface area (Å²) in [5.74, 6) is 0.538. The van der Waals surface area contributed by atoms with Crippen LogP contribution in [0, 0.1) is 13.8 Å². The number of rotatable bonds is 8. The molecule has 40 heavy (non-hydrogen) atoms. The van der Waals surface area contributed by atoms with Crippen LogP contribution in [-0.2, 0) is 11.3 Å². The fourth-order valence-corrected chi connectivity index (χ4v) is 5.05. The van der Waals surface area contributed by atoms with Crippen molar-refractivity contribution in [1.29, 1.82) is 0 Å². The quantitative estimate of drug-likeness (QED) is 0.249. The lowest BCUT2D eigenvalue weighted by atomic mass is 10.00. The van der Waals surface area contributed by atoms with E-state index in [4.69, 9.17) is 14.2 Å². The van der Waals surface area contributed by atoms with Crippen LogP contribution in [0.1, 0.15) is 56.1 Å². The molecule has 1 aliphatic rings. The van der Waals surface area contributed by atoms with Gasteiger partial charge in [0.05, 0.1) is 19.3 Å². The highest BCUT2D eigenvalue weighted by atomic mass is 16.5. The normalized spacial score (nSPS) is 14.2. The zero-order chi connectivity index (χ0) is 28.2. The van der Waals surface area contributed by atoms with Gasteiger partial charge < -0.3 is 19.5 Å². The summed E-state index contributed by atoms with van der Waals surface area (Å²) in [7, 11) is 1.60. The average molecular weight is 537 g/mol. The van der Waals surface area contributed by atoms with E-state index in [1.165, 1.54) is 0 Å². The van der Waals surface area contributed by atoms with Gasteiger partial charge in [0.25, 0.3) is 5.91 Å². The van der Waals surface area contributed by atoms with E-state index in [1.54, 1.807) is 37.1 Å². The first-order valence-electron chi connectivity index (χ1n) is 13.2. The number of amides is 1. The van der Waals surface area contributed by atoms with E-state index >= 15 is 0 Å². The second kappa shape index (κ2) is 11.5. The molecule has 0 radical (unpaired) electrons. The third-order valence-electron chi connectivity index (χ3n) is 6.80. The zero-order valence-corrected chi connectivity index (χ0v) is 23.1. The predicted molar refractivity (Wildman–Crippen MR) is 155 cm³/mol. The molecule has 1 atom stereocenters. The molecule has 0 unspecified atom stereocenters. The van der Waals surface area contributed by atoms with Gasteiger partial charge in [-0.3, -0.25) is 9.69 Å². The predicted octanol–water partition coefficient (Wildman–Crippen LogP) is 6.84. The minimum atomic E-state index is -0.472. The van der Waals surface area contributed by atoms with Gasteiger partial charge in [-0.1, -0.05) is 36.4 Å². The Morgan fingerprint density at radius 2 is 1.62 bits per heavy atom. The Hall–Kier alpha value is -4.78. The van der Waals surface area contributed by atoms with Crippen molar-refractivity contribution in [2.24, 2.45) is 0 Å². The van der Waals surface area contributed by atoms with Gasteiger partial charge >= 0.3 is 5.97 Å². The van der Waals surface area contributed by atoms with E-state index in [2.05, 4.69) is 11.4 Å². The van der Waals surface area contributed by atoms with Crippen LogP contribution in [0.4, 0.5) is 11.4 Å². The summed E-state index contributed by atoms with van der Waals surface area (Å²) in [4.78, 5) is 28.1. The molecule has 1 amide bonds. The maximum atomic E-state index is 13.9. The van der Waals surface area contributed by atoms with Gasteiger partial charge in [-0.25, -0.2) is 4.79 Å². The van der Waals surface area contributed by atoms with Gasteiger partial charge in [0, 0.05) is 16.9 Å². The van der Waals surface area contributed by atoms with E-state index in [-0.39, 0.29) is 19.1 Å². The van der Waals surface area contributed by atoms with Crippen molar-refractivity contribution >= 4 is 23.3 Å². The Balaban J connectivity index is 1.53. The molecule has 0 bridgehead atoms.